The summed E-state index contributed by atoms with van der Waals surface area (Å²) in [4.78, 5) is 44.4. The molecule has 0 aliphatic heterocycles. The van der Waals surface area contributed by atoms with Crippen LogP contribution in [0.15, 0.2) is 60.9 Å². The molecule has 0 bridgehead atoms. The number of rotatable bonds is 5. The zero-order chi connectivity index (χ0) is 19.9. The maximum absolute atomic E-state index is 12.2. The van der Waals surface area contributed by atoms with Crippen molar-refractivity contribution in [2.45, 2.75) is 19.6 Å². The Hall–Kier alpha value is -3.81. The highest BCUT2D eigenvalue weighted by atomic mass is 16.5. The Kier molecular flexibility index (Phi) is 5.91. The molecule has 3 rings (SSSR count). The number of benzene rings is 2. The van der Waals surface area contributed by atoms with Crippen LogP contribution in [0.1, 0.15) is 22.8 Å². The van der Waals surface area contributed by atoms with Crippen LogP contribution in [0.2, 0.25) is 0 Å². The van der Waals surface area contributed by atoms with E-state index in [9.17, 15) is 14.4 Å². The molecule has 8 nitrogen and oxygen atoms in total. The largest absolute Gasteiger partial charge is 0.449 e. The van der Waals surface area contributed by atoms with E-state index in [1.54, 1.807) is 12.3 Å². The van der Waals surface area contributed by atoms with Crippen molar-refractivity contribution in [2.75, 3.05) is 0 Å². The van der Waals surface area contributed by atoms with Crippen molar-refractivity contribution in [3.63, 3.8) is 0 Å². The summed E-state index contributed by atoms with van der Waals surface area (Å²) in [7, 11) is 0. The van der Waals surface area contributed by atoms with Gasteiger partial charge in [0.1, 0.15) is 0 Å². The molecule has 0 unspecified atom stereocenters. The summed E-state index contributed by atoms with van der Waals surface area (Å²) >= 11 is 0. The van der Waals surface area contributed by atoms with E-state index in [-0.39, 0.29) is 12.1 Å². The summed E-state index contributed by atoms with van der Waals surface area (Å²) in [6, 6.07) is 13.3. The first-order valence-corrected chi connectivity index (χ1v) is 8.57. The van der Waals surface area contributed by atoms with E-state index in [1.807, 2.05) is 30.3 Å². The molecule has 0 fully saturated rings. The maximum Gasteiger partial charge on any atom is 0.338 e. The van der Waals surface area contributed by atoms with Crippen LogP contribution >= 0.6 is 0 Å². The predicted molar refractivity (Wildman–Crippen MR) is 101 cm³/mol. The van der Waals surface area contributed by atoms with Gasteiger partial charge < -0.3 is 10.1 Å². The molecule has 0 radical (unpaired) electrons. The number of carbonyl (C=O) groups excluding carboxylic acids is 3. The van der Waals surface area contributed by atoms with E-state index in [1.165, 1.54) is 25.3 Å². The number of imide groups is 1. The van der Waals surface area contributed by atoms with Crippen molar-refractivity contribution in [2.24, 2.45) is 0 Å². The monoisotopic (exact) mass is 378 g/mol. The quantitative estimate of drug-likeness (QED) is 0.659. The SMILES string of the molecule is C[C@@H](OC(=O)c1ccc2nccnc2c1)C(=O)NC(=O)NCc1ccccc1. The Morgan fingerprint density at radius 1 is 1.00 bits per heavy atom. The number of aromatic nitrogens is 2. The topological polar surface area (TPSA) is 110 Å². The third kappa shape index (κ3) is 4.88. The van der Waals surface area contributed by atoms with Gasteiger partial charge in [0.05, 0.1) is 16.6 Å². The third-order valence-electron chi connectivity index (χ3n) is 3.89. The van der Waals surface area contributed by atoms with Crippen LogP contribution in [0.25, 0.3) is 11.0 Å². The van der Waals surface area contributed by atoms with Gasteiger partial charge in [0.15, 0.2) is 6.10 Å². The van der Waals surface area contributed by atoms with Crippen LogP contribution in [-0.4, -0.2) is 34.0 Å². The van der Waals surface area contributed by atoms with Crippen molar-refractivity contribution in [1.82, 2.24) is 20.6 Å². The number of amides is 3. The third-order valence-corrected chi connectivity index (χ3v) is 3.89. The van der Waals surface area contributed by atoms with Crippen molar-refractivity contribution in [3.05, 3.63) is 72.1 Å². The minimum absolute atomic E-state index is 0.237. The fraction of sp³-hybridized carbons (Fsp3) is 0.150. The number of nitrogens with zero attached hydrogens (tertiary/aromatic N) is 2. The molecule has 3 aromatic rings. The highest BCUT2D eigenvalue weighted by molar-refractivity contribution is 5.99. The molecule has 1 heterocycles. The second kappa shape index (κ2) is 8.72. The lowest BCUT2D eigenvalue weighted by atomic mass is 10.2. The zero-order valence-corrected chi connectivity index (χ0v) is 15.1. The summed E-state index contributed by atoms with van der Waals surface area (Å²) in [5, 5.41) is 4.71. The van der Waals surface area contributed by atoms with Crippen LogP contribution in [0, 0.1) is 0 Å². The van der Waals surface area contributed by atoms with E-state index in [0.717, 1.165) is 5.56 Å². The molecule has 0 aliphatic carbocycles. The highest BCUT2D eigenvalue weighted by Crippen LogP contribution is 2.12. The standard InChI is InChI=1S/C20H18N4O4/c1-13(18(25)24-20(27)23-12-14-5-3-2-4-6-14)28-19(26)15-7-8-16-17(11-15)22-10-9-21-16/h2-11,13H,12H2,1H3,(H2,23,24,25,27)/t13-/m1/s1. The van der Waals surface area contributed by atoms with Gasteiger partial charge in [0.25, 0.3) is 5.91 Å². The Labute approximate surface area is 160 Å². The fourth-order valence-electron chi connectivity index (χ4n) is 2.41. The van der Waals surface area contributed by atoms with Crippen molar-refractivity contribution in [1.29, 1.82) is 0 Å². The van der Waals surface area contributed by atoms with Crippen molar-refractivity contribution < 1.29 is 19.1 Å². The number of fused-ring (bicyclic) bond motifs is 1. The van der Waals surface area contributed by atoms with Gasteiger partial charge >= 0.3 is 12.0 Å². The molecule has 1 aromatic heterocycles. The number of nitrogens with one attached hydrogen (secondary N) is 2. The second-order valence-electron chi connectivity index (χ2n) is 5.96. The zero-order valence-electron chi connectivity index (χ0n) is 15.1. The summed E-state index contributed by atoms with van der Waals surface area (Å²) in [5.41, 5.74) is 2.31. The summed E-state index contributed by atoms with van der Waals surface area (Å²) in [5.74, 6) is -1.42. The lowest BCUT2D eigenvalue weighted by molar-refractivity contribution is -0.127. The van der Waals surface area contributed by atoms with E-state index in [0.29, 0.717) is 11.0 Å². The van der Waals surface area contributed by atoms with E-state index in [2.05, 4.69) is 20.6 Å². The smallest absolute Gasteiger partial charge is 0.338 e. The van der Waals surface area contributed by atoms with Gasteiger partial charge in [-0.15, -0.1) is 0 Å². The molecular formula is C20H18N4O4. The summed E-state index contributed by atoms with van der Waals surface area (Å²) in [6.07, 6.45) is 1.92. The molecule has 28 heavy (non-hydrogen) atoms. The lowest BCUT2D eigenvalue weighted by Crippen LogP contribution is -2.44. The van der Waals surface area contributed by atoms with Gasteiger partial charge in [-0.3, -0.25) is 20.1 Å². The number of esters is 1. The molecule has 1 atom stereocenters. The van der Waals surface area contributed by atoms with E-state index in [4.69, 9.17) is 4.74 Å². The number of ether oxygens (including phenoxy) is 1. The summed E-state index contributed by atoms with van der Waals surface area (Å²) in [6.45, 7) is 1.66. The van der Waals surface area contributed by atoms with Gasteiger partial charge in [0.2, 0.25) is 0 Å². The molecule has 0 saturated heterocycles. The van der Waals surface area contributed by atoms with Gasteiger partial charge in [0, 0.05) is 18.9 Å². The van der Waals surface area contributed by atoms with Gasteiger partial charge in [-0.05, 0) is 30.7 Å². The molecule has 3 amide bonds. The van der Waals surface area contributed by atoms with Crippen LogP contribution in [-0.2, 0) is 16.1 Å². The van der Waals surface area contributed by atoms with Crippen LogP contribution in [0.5, 0.6) is 0 Å². The fourth-order valence-corrected chi connectivity index (χ4v) is 2.41. The minimum atomic E-state index is -1.15. The number of hydrogen-bond donors (Lipinski definition) is 2. The molecule has 8 heteroatoms. The van der Waals surface area contributed by atoms with E-state index >= 15 is 0 Å². The number of carbonyl (C=O) groups is 3. The number of urea groups is 1. The second-order valence-corrected chi connectivity index (χ2v) is 5.96. The molecule has 0 saturated carbocycles. The Bertz CT molecular complexity index is 1010. The van der Waals surface area contributed by atoms with E-state index < -0.39 is 24.0 Å². The van der Waals surface area contributed by atoms with Gasteiger partial charge in [-0.1, -0.05) is 30.3 Å². The molecule has 0 aliphatic rings. The Morgan fingerprint density at radius 2 is 1.71 bits per heavy atom. The van der Waals surface area contributed by atoms with Crippen LogP contribution < -0.4 is 10.6 Å². The Balaban J connectivity index is 1.52. The highest BCUT2D eigenvalue weighted by Gasteiger charge is 2.21. The average molecular weight is 378 g/mol. The molecule has 2 N–H and O–H groups in total. The first kappa shape index (κ1) is 19.0. The van der Waals surface area contributed by atoms with Crippen molar-refractivity contribution >= 4 is 28.9 Å². The summed E-state index contributed by atoms with van der Waals surface area (Å²) < 4.78 is 5.13. The first-order chi connectivity index (χ1) is 13.5. The number of hydrogen-bond acceptors (Lipinski definition) is 6. The predicted octanol–water partition coefficient (Wildman–Crippen LogP) is 2.20. The molecule has 0 spiro atoms. The molecular weight excluding hydrogens is 360 g/mol. The van der Waals surface area contributed by atoms with Gasteiger partial charge in [-0.25, -0.2) is 9.59 Å². The minimum Gasteiger partial charge on any atom is -0.449 e. The molecule has 2 aromatic carbocycles. The maximum atomic E-state index is 12.2. The van der Waals surface area contributed by atoms with Crippen LogP contribution in [0.4, 0.5) is 4.79 Å². The normalized spacial score (nSPS) is 11.5. The van der Waals surface area contributed by atoms with Crippen molar-refractivity contribution in [3.8, 4) is 0 Å². The lowest BCUT2D eigenvalue weighted by Gasteiger charge is -2.13. The molecule has 142 valence electrons. The average Bonchev–Trinajstić information content (AvgIpc) is 2.72. The first-order valence-electron chi connectivity index (χ1n) is 8.57. The Morgan fingerprint density at radius 3 is 2.46 bits per heavy atom. The van der Waals surface area contributed by atoms with Crippen LogP contribution in [0.3, 0.4) is 0 Å². The van der Waals surface area contributed by atoms with Gasteiger partial charge in [-0.2, -0.15) is 0 Å².